The maximum absolute atomic E-state index is 2.53. The minimum absolute atomic E-state index is 0.641. The van der Waals surface area contributed by atoms with Gasteiger partial charge in [0.05, 0.1) is 0 Å². The second-order valence-electron chi connectivity index (χ2n) is 5.25. The normalized spacial score (nSPS) is 16.6. The molecule has 0 aliphatic carbocycles. The van der Waals surface area contributed by atoms with Gasteiger partial charge in [-0.1, -0.05) is 32.9 Å². The van der Waals surface area contributed by atoms with Crippen LogP contribution >= 0.6 is 0 Å². The fraction of sp³-hybridized carbons (Fsp3) is 0.600. The monoisotopic (exact) mass is 217 g/mol. The summed E-state index contributed by atoms with van der Waals surface area (Å²) in [7, 11) is 0. The first kappa shape index (κ1) is 11.7. The van der Waals surface area contributed by atoms with E-state index in [-0.39, 0.29) is 0 Å². The molecule has 16 heavy (non-hydrogen) atoms. The van der Waals surface area contributed by atoms with Crippen LogP contribution in [0.25, 0.3) is 0 Å². The lowest BCUT2D eigenvalue weighted by Crippen LogP contribution is -2.30. The van der Waals surface area contributed by atoms with Crippen LogP contribution in [0.3, 0.4) is 0 Å². The lowest BCUT2D eigenvalue weighted by atomic mass is 9.90. The second kappa shape index (κ2) is 4.58. The van der Waals surface area contributed by atoms with Gasteiger partial charge in [-0.2, -0.15) is 0 Å². The second-order valence-corrected chi connectivity index (χ2v) is 5.25. The summed E-state index contributed by atoms with van der Waals surface area (Å²) >= 11 is 0. The summed E-state index contributed by atoms with van der Waals surface area (Å²) in [6, 6.07) is 4.86. The third-order valence-electron chi connectivity index (χ3n) is 3.75. The SMILES string of the molecule is CCN1CCc2cc(C)c(C(C)C)cc2C1. The quantitative estimate of drug-likeness (QED) is 0.733. The summed E-state index contributed by atoms with van der Waals surface area (Å²) in [6.45, 7) is 12.6. The molecule has 0 unspecified atom stereocenters. The summed E-state index contributed by atoms with van der Waals surface area (Å²) in [5.74, 6) is 0.641. The van der Waals surface area contributed by atoms with E-state index in [0.29, 0.717) is 5.92 Å². The van der Waals surface area contributed by atoms with Gasteiger partial charge < -0.3 is 0 Å². The largest absolute Gasteiger partial charge is 0.299 e. The van der Waals surface area contributed by atoms with Crippen molar-refractivity contribution in [2.45, 2.75) is 46.6 Å². The van der Waals surface area contributed by atoms with Crippen molar-refractivity contribution in [3.05, 3.63) is 34.4 Å². The molecule has 1 heteroatoms. The molecule has 0 fully saturated rings. The minimum Gasteiger partial charge on any atom is -0.299 e. The first-order chi connectivity index (χ1) is 7.61. The molecule has 1 aliphatic rings. The zero-order valence-electron chi connectivity index (χ0n) is 11.0. The summed E-state index contributed by atoms with van der Waals surface area (Å²) < 4.78 is 0. The van der Waals surface area contributed by atoms with Gasteiger partial charge in [-0.25, -0.2) is 0 Å². The third-order valence-corrected chi connectivity index (χ3v) is 3.75. The summed E-state index contributed by atoms with van der Waals surface area (Å²) in [6.07, 6.45) is 1.22. The summed E-state index contributed by atoms with van der Waals surface area (Å²) in [5, 5.41) is 0. The van der Waals surface area contributed by atoms with Gasteiger partial charge in [-0.05, 0) is 48.1 Å². The lowest BCUT2D eigenvalue weighted by Gasteiger charge is -2.29. The standard InChI is InChI=1S/C15H23N/c1-5-16-7-6-13-8-12(4)15(11(2)3)9-14(13)10-16/h8-9,11H,5-7,10H2,1-4H3. The fourth-order valence-electron chi connectivity index (χ4n) is 2.70. The zero-order chi connectivity index (χ0) is 11.7. The van der Waals surface area contributed by atoms with E-state index in [1.807, 2.05) is 0 Å². The molecule has 2 rings (SSSR count). The smallest absolute Gasteiger partial charge is 0.0236 e. The van der Waals surface area contributed by atoms with Crippen LogP contribution in [0.4, 0.5) is 0 Å². The van der Waals surface area contributed by atoms with E-state index in [1.54, 1.807) is 11.1 Å². The molecule has 0 spiro atoms. The van der Waals surface area contributed by atoms with Crippen molar-refractivity contribution in [1.29, 1.82) is 0 Å². The molecule has 0 amide bonds. The maximum atomic E-state index is 2.53. The van der Waals surface area contributed by atoms with Gasteiger partial charge in [-0.15, -0.1) is 0 Å². The highest BCUT2D eigenvalue weighted by Crippen LogP contribution is 2.27. The van der Waals surface area contributed by atoms with Crippen LogP contribution in [0, 0.1) is 6.92 Å². The Labute approximate surface area is 99.5 Å². The first-order valence-corrected chi connectivity index (χ1v) is 6.46. The van der Waals surface area contributed by atoms with Crippen molar-refractivity contribution in [3.8, 4) is 0 Å². The Kier molecular flexibility index (Phi) is 3.34. The molecule has 1 heterocycles. The van der Waals surface area contributed by atoms with Crippen molar-refractivity contribution < 1.29 is 0 Å². The highest BCUT2D eigenvalue weighted by atomic mass is 15.1. The number of benzene rings is 1. The van der Waals surface area contributed by atoms with E-state index < -0.39 is 0 Å². The number of likely N-dealkylation sites (N-methyl/N-ethyl adjacent to an activating group) is 1. The Morgan fingerprint density at radius 2 is 2.00 bits per heavy atom. The molecular weight excluding hydrogens is 194 g/mol. The van der Waals surface area contributed by atoms with Gasteiger partial charge in [0.1, 0.15) is 0 Å². The highest BCUT2D eigenvalue weighted by Gasteiger charge is 2.17. The number of hydrogen-bond acceptors (Lipinski definition) is 1. The molecule has 0 atom stereocenters. The molecule has 0 radical (unpaired) electrons. The van der Waals surface area contributed by atoms with Gasteiger partial charge in [0.25, 0.3) is 0 Å². The van der Waals surface area contributed by atoms with Gasteiger partial charge in [0.15, 0.2) is 0 Å². The molecule has 0 N–H and O–H groups in total. The first-order valence-electron chi connectivity index (χ1n) is 6.46. The van der Waals surface area contributed by atoms with Crippen LogP contribution in [-0.4, -0.2) is 18.0 Å². The Hall–Kier alpha value is -0.820. The molecule has 0 saturated heterocycles. The molecule has 1 aliphatic heterocycles. The molecule has 1 nitrogen and oxygen atoms in total. The average Bonchev–Trinajstić information content (AvgIpc) is 2.27. The summed E-state index contributed by atoms with van der Waals surface area (Å²) in [5.41, 5.74) is 6.13. The highest BCUT2D eigenvalue weighted by molar-refractivity contribution is 5.40. The maximum Gasteiger partial charge on any atom is 0.0236 e. The van der Waals surface area contributed by atoms with Crippen LogP contribution in [0.2, 0.25) is 0 Å². The molecule has 0 aromatic heterocycles. The Morgan fingerprint density at radius 1 is 1.25 bits per heavy atom. The van der Waals surface area contributed by atoms with E-state index in [0.717, 1.165) is 6.54 Å². The molecule has 1 aromatic carbocycles. The van der Waals surface area contributed by atoms with Gasteiger partial charge in [0, 0.05) is 13.1 Å². The zero-order valence-corrected chi connectivity index (χ0v) is 11.0. The molecule has 1 aromatic rings. The van der Waals surface area contributed by atoms with Crippen molar-refractivity contribution in [1.82, 2.24) is 4.90 Å². The molecular formula is C15H23N. The van der Waals surface area contributed by atoms with Crippen molar-refractivity contribution in [2.75, 3.05) is 13.1 Å². The van der Waals surface area contributed by atoms with Crippen LogP contribution in [0.15, 0.2) is 12.1 Å². The van der Waals surface area contributed by atoms with Crippen LogP contribution in [-0.2, 0) is 13.0 Å². The Bertz CT molecular complexity index is 379. The Balaban J connectivity index is 2.36. The van der Waals surface area contributed by atoms with Crippen LogP contribution in [0.5, 0.6) is 0 Å². The van der Waals surface area contributed by atoms with Crippen LogP contribution in [0.1, 0.15) is 48.9 Å². The number of fused-ring (bicyclic) bond motifs is 1. The topological polar surface area (TPSA) is 3.24 Å². The number of rotatable bonds is 2. The average molecular weight is 217 g/mol. The van der Waals surface area contributed by atoms with Crippen LogP contribution < -0.4 is 0 Å². The van der Waals surface area contributed by atoms with E-state index >= 15 is 0 Å². The predicted molar refractivity (Wildman–Crippen MR) is 69.9 cm³/mol. The fourth-order valence-corrected chi connectivity index (χ4v) is 2.70. The summed E-state index contributed by atoms with van der Waals surface area (Å²) in [4.78, 5) is 2.53. The molecule has 88 valence electrons. The third kappa shape index (κ3) is 2.15. The van der Waals surface area contributed by atoms with E-state index in [2.05, 4.69) is 44.7 Å². The minimum atomic E-state index is 0.641. The van der Waals surface area contributed by atoms with Gasteiger partial charge in [-0.3, -0.25) is 4.90 Å². The van der Waals surface area contributed by atoms with E-state index in [9.17, 15) is 0 Å². The van der Waals surface area contributed by atoms with Crippen molar-refractivity contribution in [3.63, 3.8) is 0 Å². The van der Waals surface area contributed by atoms with Gasteiger partial charge in [0.2, 0.25) is 0 Å². The lowest BCUT2D eigenvalue weighted by molar-refractivity contribution is 0.268. The number of hydrogen-bond donors (Lipinski definition) is 0. The number of nitrogens with zero attached hydrogens (tertiary/aromatic N) is 1. The molecule has 0 bridgehead atoms. The van der Waals surface area contributed by atoms with Crippen molar-refractivity contribution >= 4 is 0 Å². The van der Waals surface area contributed by atoms with Gasteiger partial charge >= 0.3 is 0 Å². The van der Waals surface area contributed by atoms with Crippen molar-refractivity contribution in [2.24, 2.45) is 0 Å². The van der Waals surface area contributed by atoms with E-state index in [1.165, 1.54) is 30.6 Å². The Morgan fingerprint density at radius 3 is 2.62 bits per heavy atom. The molecule has 0 saturated carbocycles. The van der Waals surface area contributed by atoms with E-state index in [4.69, 9.17) is 0 Å². The number of aryl methyl sites for hydroxylation is 1. The predicted octanol–water partition coefficient (Wildman–Crippen LogP) is 3.50.